The number of allylic oxidation sites excluding steroid dienone is 1. The highest BCUT2D eigenvalue weighted by Crippen LogP contribution is 2.46. The Morgan fingerprint density at radius 3 is 2.46 bits per heavy atom. The van der Waals surface area contributed by atoms with Gasteiger partial charge in [-0.05, 0) is 24.3 Å². The number of fused-ring (bicyclic) bond motifs is 3. The molecule has 3 N–H and O–H groups in total. The highest BCUT2D eigenvalue weighted by atomic mass is 35.5. The smallest absolute Gasteiger partial charge is 0.256 e. The van der Waals surface area contributed by atoms with Crippen molar-refractivity contribution in [3.8, 4) is 11.8 Å². The minimum atomic E-state index is -0.821. The van der Waals surface area contributed by atoms with E-state index in [-0.39, 0.29) is 22.6 Å². The molecule has 3 aromatic rings. The zero-order chi connectivity index (χ0) is 18.4. The van der Waals surface area contributed by atoms with Crippen LogP contribution in [0.15, 0.2) is 58.7 Å². The molecule has 0 spiro atoms. The lowest BCUT2D eigenvalue weighted by atomic mass is 9.83. The van der Waals surface area contributed by atoms with Crippen LogP contribution in [0.25, 0.3) is 10.9 Å². The number of H-pyrrole nitrogens is 1. The number of nitriles is 1. The number of para-hydroxylation sites is 1. The fourth-order valence-electron chi connectivity index (χ4n) is 3.25. The van der Waals surface area contributed by atoms with Crippen molar-refractivity contribution in [3.05, 3.63) is 85.4 Å². The summed E-state index contributed by atoms with van der Waals surface area (Å²) in [6.07, 6.45) is 0. The molecule has 0 radical (unpaired) electrons. The van der Waals surface area contributed by atoms with Crippen LogP contribution >= 0.6 is 23.2 Å². The SMILES string of the molecule is N#CC1=C(N)Oc2c(c(=O)[nH]c3ccccc23)[C@H]1c1c(Cl)cccc1Cl. The number of aromatic nitrogens is 1. The Balaban J connectivity index is 2.15. The van der Waals surface area contributed by atoms with E-state index < -0.39 is 5.92 Å². The Hall–Kier alpha value is -2.94. The summed E-state index contributed by atoms with van der Waals surface area (Å²) >= 11 is 12.7. The van der Waals surface area contributed by atoms with Crippen LogP contribution in [0.3, 0.4) is 0 Å². The summed E-state index contributed by atoms with van der Waals surface area (Å²) in [4.78, 5) is 15.7. The summed E-state index contributed by atoms with van der Waals surface area (Å²) in [6, 6.07) is 14.2. The lowest BCUT2D eigenvalue weighted by molar-refractivity contribution is 0.397. The molecular formula is C19H11Cl2N3O2. The number of nitrogens with one attached hydrogen (secondary N) is 1. The van der Waals surface area contributed by atoms with Gasteiger partial charge in [-0.3, -0.25) is 4.79 Å². The normalized spacial score (nSPS) is 16.1. The van der Waals surface area contributed by atoms with E-state index in [2.05, 4.69) is 4.98 Å². The topological polar surface area (TPSA) is 91.9 Å². The predicted molar refractivity (Wildman–Crippen MR) is 100 cm³/mol. The molecule has 1 aromatic heterocycles. The molecule has 128 valence electrons. The third-order valence-corrected chi connectivity index (χ3v) is 5.03. The van der Waals surface area contributed by atoms with Gasteiger partial charge in [0, 0.05) is 21.0 Å². The molecule has 0 unspecified atom stereocenters. The number of nitrogens with two attached hydrogens (primary N) is 1. The summed E-state index contributed by atoms with van der Waals surface area (Å²) in [7, 11) is 0. The minimum Gasteiger partial charge on any atom is -0.439 e. The van der Waals surface area contributed by atoms with Crippen molar-refractivity contribution in [2.45, 2.75) is 5.92 Å². The maximum Gasteiger partial charge on any atom is 0.256 e. The van der Waals surface area contributed by atoms with Gasteiger partial charge in [0.2, 0.25) is 5.88 Å². The molecule has 1 aliphatic heterocycles. The molecule has 7 heteroatoms. The van der Waals surface area contributed by atoms with Crippen LogP contribution in [0, 0.1) is 11.3 Å². The Bertz CT molecular complexity index is 1170. The van der Waals surface area contributed by atoms with E-state index in [1.165, 1.54) is 0 Å². The summed E-state index contributed by atoms with van der Waals surface area (Å²) in [5.74, 6) is -0.586. The first-order valence-corrected chi connectivity index (χ1v) is 8.45. The molecule has 0 amide bonds. The number of pyridine rings is 1. The molecule has 2 heterocycles. The van der Waals surface area contributed by atoms with Gasteiger partial charge in [0.1, 0.15) is 17.4 Å². The van der Waals surface area contributed by atoms with E-state index in [1.807, 2.05) is 12.1 Å². The number of hydrogen-bond donors (Lipinski definition) is 2. The number of hydrogen-bond acceptors (Lipinski definition) is 4. The van der Waals surface area contributed by atoms with Crippen molar-refractivity contribution in [1.82, 2.24) is 4.98 Å². The molecule has 1 aliphatic rings. The Morgan fingerprint density at radius 2 is 1.77 bits per heavy atom. The Kier molecular flexibility index (Phi) is 3.87. The number of rotatable bonds is 1. The molecule has 26 heavy (non-hydrogen) atoms. The first-order chi connectivity index (χ1) is 12.5. The van der Waals surface area contributed by atoms with Crippen molar-refractivity contribution >= 4 is 34.1 Å². The van der Waals surface area contributed by atoms with Crippen LogP contribution in [0.1, 0.15) is 17.0 Å². The standard InChI is InChI=1S/C19H11Cl2N3O2/c20-11-5-3-6-12(21)15(11)14-10(8-22)18(23)26-17-9-4-1-2-7-13(9)24-19(25)16(14)17/h1-7,14H,23H2,(H,24,25)/t14-/m1/s1. The van der Waals surface area contributed by atoms with E-state index >= 15 is 0 Å². The number of halogens is 2. The van der Waals surface area contributed by atoms with Crippen molar-refractivity contribution < 1.29 is 4.74 Å². The second-order valence-electron chi connectivity index (χ2n) is 5.80. The van der Waals surface area contributed by atoms with E-state index in [4.69, 9.17) is 33.7 Å². The lowest BCUT2D eigenvalue weighted by Crippen LogP contribution is -2.28. The van der Waals surface area contributed by atoms with Crippen molar-refractivity contribution in [2.75, 3.05) is 0 Å². The van der Waals surface area contributed by atoms with Gasteiger partial charge in [-0.2, -0.15) is 5.26 Å². The lowest BCUT2D eigenvalue weighted by Gasteiger charge is -2.27. The van der Waals surface area contributed by atoms with Crippen LogP contribution in [0.5, 0.6) is 5.75 Å². The summed E-state index contributed by atoms with van der Waals surface area (Å²) < 4.78 is 5.69. The first kappa shape index (κ1) is 16.5. The van der Waals surface area contributed by atoms with Crippen LogP contribution in [0.2, 0.25) is 10.0 Å². The van der Waals surface area contributed by atoms with Gasteiger partial charge >= 0.3 is 0 Å². The number of benzene rings is 2. The molecule has 2 aromatic carbocycles. The molecule has 4 rings (SSSR count). The second kappa shape index (κ2) is 6.10. The molecule has 0 fully saturated rings. The van der Waals surface area contributed by atoms with Gasteiger partial charge in [-0.25, -0.2) is 0 Å². The monoisotopic (exact) mass is 383 g/mol. The third kappa shape index (κ3) is 2.35. The maximum atomic E-state index is 12.9. The zero-order valence-electron chi connectivity index (χ0n) is 13.2. The summed E-state index contributed by atoms with van der Waals surface area (Å²) in [5.41, 5.74) is 7.02. The Morgan fingerprint density at radius 1 is 1.08 bits per heavy atom. The molecule has 5 nitrogen and oxygen atoms in total. The molecule has 0 aliphatic carbocycles. The zero-order valence-corrected chi connectivity index (χ0v) is 14.7. The van der Waals surface area contributed by atoms with Crippen molar-refractivity contribution in [1.29, 1.82) is 5.26 Å². The van der Waals surface area contributed by atoms with E-state index in [9.17, 15) is 10.1 Å². The van der Waals surface area contributed by atoms with Crippen LogP contribution in [0.4, 0.5) is 0 Å². The Labute approximate surface area is 158 Å². The third-order valence-electron chi connectivity index (χ3n) is 4.37. The van der Waals surface area contributed by atoms with Gasteiger partial charge in [0.05, 0.1) is 17.0 Å². The predicted octanol–water partition coefficient (Wildman–Crippen LogP) is 4.05. The largest absolute Gasteiger partial charge is 0.439 e. The quantitative estimate of drug-likeness (QED) is 0.662. The molecule has 0 bridgehead atoms. The van der Waals surface area contributed by atoms with Gasteiger partial charge in [-0.1, -0.05) is 41.4 Å². The number of ether oxygens (including phenoxy) is 1. The highest BCUT2D eigenvalue weighted by molar-refractivity contribution is 6.36. The van der Waals surface area contributed by atoms with Crippen molar-refractivity contribution in [2.24, 2.45) is 5.73 Å². The fourth-order valence-corrected chi connectivity index (χ4v) is 3.86. The molecule has 0 saturated carbocycles. The average Bonchev–Trinajstić information content (AvgIpc) is 2.61. The highest BCUT2D eigenvalue weighted by Gasteiger charge is 2.36. The summed E-state index contributed by atoms with van der Waals surface area (Å²) in [6.45, 7) is 0. The number of aromatic amines is 1. The van der Waals surface area contributed by atoms with Gasteiger partial charge < -0.3 is 15.5 Å². The fraction of sp³-hybridized carbons (Fsp3) is 0.0526. The molecule has 0 saturated heterocycles. The second-order valence-corrected chi connectivity index (χ2v) is 6.62. The van der Waals surface area contributed by atoms with Crippen LogP contribution in [-0.2, 0) is 0 Å². The summed E-state index contributed by atoms with van der Waals surface area (Å²) in [5, 5.41) is 11.0. The average molecular weight is 384 g/mol. The number of nitrogens with zero attached hydrogens (tertiary/aromatic N) is 1. The van der Waals surface area contributed by atoms with Crippen molar-refractivity contribution in [3.63, 3.8) is 0 Å². The minimum absolute atomic E-state index is 0.0725. The molecular weight excluding hydrogens is 373 g/mol. The van der Waals surface area contributed by atoms with E-state index in [0.717, 1.165) is 0 Å². The van der Waals surface area contributed by atoms with E-state index in [0.29, 0.717) is 32.3 Å². The molecule has 1 atom stereocenters. The first-order valence-electron chi connectivity index (χ1n) is 7.69. The van der Waals surface area contributed by atoms with Crippen LogP contribution in [-0.4, -0.2) is 4.98 Å². The van der Waals surface area contributed by atoms with E-state index in [1.54, 1.807) is 36.4 Å². The van der Waals surface area contributed by atoms with Crippen LogP contribution < -0.4 is 16.0 Å². The van der Waals surface area contributed by atoms with Gasteiger partial charge in [0.25, 0.3) is 5.56 Å². The maximum absolute atomic E-state index is 12.9. The van der Waals surface area contributed by atoms with Gasteiger partial charge in [-0.15, -0.1) is 0 Å². The van der Waals surface area contributed by atoms with Gasteiger partial charge in [0.15, 0.2) is 0 Å².